The van der Waals surface area contributed by atoms with Crippen LogP contribution in [0, 0.1) is 0 Å². The van der Waals surface area contributed by atoms with E-state index in [9.17, 15) is 4.79 Å². The van der Waals surface area contributed by atoms with Crippen molar-refractivity contribution < 1.29 is 9.53 Å². The maximum absolute atomic E-state index is 12.1. The number of ether oxygens (including phenoxy) is 1. The highest BCUT2D eigenvalue weighted by molar-refractivity contribution is 5.81. The third-order valence-corrected chi connectivity index (χ3v) is 3.14. The molecule has 0 fully saturated rings. The Morgan fingerprint density at radius 1 is 1.38 bits per heavy atom. The predicted octanol–water partition coefficient (Wildman–Crippen LogP) is 2.25. The second-order valence-electron chi connectivity index (χ2n) is 4.77. The van der Waals surface area contributed by atoms with Crippen LogP contribution in [-0.4, -0.2) is 28.1 Å². The van der Waals surface area contributed by atoms with E-state index in [1.54, 1.807) is 12.5 Å². The van der Waals surface area contributed by atoms with Crippen molar-refractivity contribution >= 4 is 5.91 Å². The first kappa shape index (κ1) is 15.1. The molecule has 21 heavy (non-hydrogen) atoms. The summed E-state index contributed by atoms with van der Waals surface area (Å²) in [5, 5.41) is 2.92. The minimum Gasteiger partial charge on any atom is -0.481 e. The lowest BCUT2D eigenvalue weighted by Gasteiger charge is -2.17. The van der Waals surface area contributed by atoms with Crippen LogP contribution in [0.3, 0.4) is 0 Å². The standard InChI is InChI=1S/C16H21N3O2/c1-2-15(21-14-7-4-3-5-8-14)16(20)18-9-6-11-19-12-10-17-13-19/h3-5,7-8,10,12-13,15H,2,6,9,11H2,1H3,(H,18,20)/t15-/m1/s1. The Kier molecular flexibility index (Phi) is 5.82. The second kappa shape index (κ2) is 8.09. The van der Waals surface area contributed by atoms with Gasteiger partial charge in [0.05, 0.1) is 6.33 Å². The van der Waals surface area contributed by atoms with Gasteiger partial charge in [-0.15, -0.1) is 0 Å². The molecule has 0 unspecified atom stereocenters. The molecule has 1 aromatic heterocycles. The largest absolute Gasteiger partial charge is 0.481 e. The molecule has 0 saturated carbocycles. The topological polar surface area (TPSA) is 56.1 Å². The number of hydrogen-bond donors (Lipinski definition) is 1. The molecular weight excluding hydrogens is 266 g/mol. The highest BCUT2D eigenvalue weighted by Gasteiger charge is 2.17. The van der Waals surface area contributed by atoms with Crippen molar-refractivity contribution in [3.8, 4) is 5.75 Å². The van der Waals surface area contributed by atoms with Gasteiger partial charge in [-0.25, -0.2) is 4.98 Å². The summed E-state index contributed by atoms with van der Waals surface area (Å²) in [4.78, 5) is 16.1. The van der Waals surface area contributed by atoms with Crippen molar-refractivity contribution in [2.75, 3.05) is 6.54 Å². The Labute approximate surface area is 125 Å². The number of aryl methyl sites for hydroxylation is 1. The number of para-hydroxylation sites is 1. The number of rotatable bonds is 8. The normalized spacial score (nSPS) is 11.9. The zero-order valence-corrected chi connectivity index (χ0v) is 12.2. The van der Waals surface area contributed by atoms with Crippen molar-refractivity contribution in [2.24, 2.45) is 0 Å². The highest BCUT2D eigenvalue weighted by atomic mass is 16.5. The van der Waals surface area contributed by atoms with Gasteiger partial charge in [-0.2, -0.15) is 0 Å². The summed E-state index contributed by atoms with van der Waals surface area (Å²) in [5.74, 6) is 0.657. The lowest BCUT2D eigenvalue weighted by Crippen LogP contribution is -2.38. The summed E-state index contributed by atoms with van der Waals surface area (Å²) in [7, 11) is 0. The van der Waals surface area contributed by atoms with Gasteiger partial charge in [0.25, 0.3) is 5.91 Å². The molecule has 0 bridgehead atoms. The lowest BCUT2D eigenvalue weighted by molar-refractivity contribution is -0.128. The third-order valence-electron chi connectivity index (χ3n) is 3.14. The summed E-state index contributed by atoms with van der Waals surface area (Å²) in [6, 6.07) is 9.42. The fraction of sp³-hybridized carbons (Fsp3) is 0.375. The van der Waals surface area contributed by atoms with Crippen molar-refractivity contribution in [3.05, 3.63) is 49.1 Å². The van der Waals surface area contributed by atoms with Gasteiger partial charge in [-0.05, 0) is 25.0 Å². The average Bonchev–Trinajstić information content (AvgIpc) is 3.03. The van der Waals surface area contributed by atoms with Gasteiger partial charge in [-0.3, -0.25) is 4.79 Å². The number of hydrogen-bond acceptors (Lipinski definition) is 3. The molecule has 5 nitrogen and oxygen atoms in total. The van der Waals surface area contributed by atoms with Gasteiger partial charge >= 0.3 is 0 Å². The molecule has 0 radical (unpaired) electrons. The minimum absolute atomic E-state index is 0.0630. The lowest BCUT2D eigenvalue weighted by atomic mass is 10.2. The van der Waals surface area contributed by atoms with Crippen LogP contribution >= 0.6 is 0 Å². The van der Waals surface area contributed by atoms with Gasteiger partial charge < -0.3 is 14.6 Å². The van der Waals surface area contributed by atoms with E-state index in [0.29, 0.717) is 13.0 Å². The van der Waals surface area contributed by atoms with E-state index in [1.165, 1.54) is 0 Å². The van der Waals surface area contributed by atoms with E-state index in [0.717, 1.165) is 18.7 Å². The number of carbonyl (C=O) groups excluding carboxylic acids is 1. The molecule has 1 heterocycles. The Morgan fingerprint density at radius 3 is 2.86 bits per heavy atom. The van der Waals surface area contributed by atoms with Crippen LogP contribution in [0.1, 0.15) is 19.8 Å². The van der Waals surface area contributed by atoms with E-state index in [1.807, 2.05) is 48.0 Å². The van der Waals surface area contributed by atoms with Crippen LogP contribution in [0.15, 0.2) is 49.1 Å². The molecule has 1 amide bonds. The molecule has 0 saturated heterocycles. The van der Waals surface area contributed by atoms with E-state index < -0.39 is 6.10 Å². The summed E-state index contributed by atoms with van der Waals surface area (Å²) in [6.45, 7) is 3.42. The number of carbonyl (C=O) groups is 1. The predicted molar refractivity (Wildman–Crippen MR) is 81.0 cm³/mol. The summed E-state index contributed by atoms with van der Waals surface area (Å²) >= 11 is 0. The van der Waals surface area contributed by atoms with Crippen LogP contribution in [0.2, 0.25) is 0 Å². The molecule has 5 heteroatoms. The van der Waals surface area contributed by atoms with E-state index in [2.05, 4.69) is 10.3 Å². The molecule has 2 rings (SSSR count). The van der Waals surface area contributed by atoms with Crippen LogP contribution < -0.4 is 10.1 Å². The molecule has 1 N–H and O–H groups in total. The fourth-order valence-corrected chi connectivity index (χ4v) is 1.99. The number of imidazole rings is 1. The monoisotopic (exact) mass is 287 g/mol. The molecule has 112 valence electrons. The molecule has 1 atom stereocenters. The molecular formula is C16H21N3O2. The number of aromatic nitrogens is 2. The van der Waals surface area contributed by atoms with Crippen molar-refractivity contribution in [2.45, 2.75) is 32.4 Å². The Bertz CT molecular complexity index is 526. The van der Waals surface area contributed by atoms with Crippen LogP contribution in [0.25, 0.3) is 0 Å². The highest BCUT2D eigenvalue weighted by Crippen LogP contribution is 2.12. The molecule has 0 aliphatic carbocycles. The molecule has 1 aromatic carbocycles. The number of nitrogens with one attached hydrogen (secondary N) is 1. The van der Waals surface area contributed by atoms with Gasteiger partial charge in [0.2, 0.25) is 0 Å². The molecule has 0 aliphatic heterocycles. The first-order valence-corrected chi connectivity index (χ1v) is 7.24. The van der Waals surface area contributed by atoms with Gasteiger partial charge in [0.15, 0.2) is 6.10 Å². The van der Waals surface area contributed by atoms with Crippen molar-refractivity contribution in [1.29, 1.82) is 0 Å². The smallest absolute Gasteiger partial charge is 0.261 e. The Balaban J connectivity index is 1.72. The second-order valence-corrected chi connectivity index (χ2v) is 4.77. The van der Waals surface area contributed by atoms with Crippen molar-refractivity contribution in [1.82, 2.24) is 14.9 Å². The average molecular weight is 287 g/mol. The van der Waals surface area contributed by atoms with E-state index in [4.69, 9.17) is 4.74 Å². The fourth-order valence-electron chi connectivity index (χ4n) is 1.99. The first-order chi connectivity index (χ1) is 10.3. The van der Waals surface area contributed by atoms with Crippen LogP contribution in [-0.2, 0) is 11.3 Å². The number of benzene rings is 1. The summed E-state index contributed by atoms with van der Waals surface area (Å²) in [5.41, 5.74) is 0. The minimum atomic E-state index is -0.444. The summed E-state index contributed by atoms with van der Waals surface area (Å²) < 4.78 is 7.69. The third kappa shape index (κ3) is 4.95. The molecule has 2 aromatic rings. The van der Waals surface area contributed by atoms with Crippen LogP contribution in [0.4, 0.5) is 0 Å². The van der Waals surface area contributed by atoms with Gasteiger partial charge in [0.1, 0.15) is 5.75 Å². The van der Waals surface area contributed by atoms with Gasteiger partial charge in [0, 0.05) is 25.5 Å². The summed E-state index contributed by atoms with van der Waals surface area (Å²) in [6.07, 6.45) is 6.50. The van der Waals surface area contributed by atoms with E-state index in [-0.39, 0.29) is 5.91 Å². The molecule has 0 spiro atoms. The zero-order chi connectivity index (χ0) is 14.9. The maximum Gasteiger partial charge on any atom is 0.261 e. The molecule has 0 aliphatic rings. The Morgan fingerprint density at radius 2 is 2.19 bits per heavy atom. The first-order valence-electron chi connectivity index (χ1n) is 7.24. The van der Waals surface area contributed by atoms with Crippen LogP contribution in [0.5, 0.6) is 5.75 Å². The number of nitrogens with zero attached hydrogens (tertiary/aromatic N) is 2. The SMILES string of the molecule is CC[C@@H](Oc1ccccc1)C(=O)NCCCn1ccnc1. The van der Waals surface area contributed by atoms with E-state index >= 15 is 0 Å². The quantitative estimate of drug-likeness (QED) is 0.758. The maximum atomic E-state index is 12.1. The zero-order valence-electron chi connectivity index (χ0n) is 12.2. The van der Waals surface area contributed by atoms with Gasteiger partial charge in [-0.1, -0.05) is 25.1 Å². The number of amides is 1. The van der Waals surface area contributed by atoms with Crippen molar-refractivity contribution in [3.63, 3.8) is 0 Å². The Hall–Kier alpha value is -2.30.